The molecule has 2 aromatic rings. The quantitative estimate of drug-likeness (QED) is 0.751. The average molecular weight is 422 g/mol. The fourth-order valence-corrected chi connectivity index (χ4v) is 5.33. The third-order valence-electron chi connectivity index (χ3n) is 6.12. The molecule has 0 radical (unpaired) electrons. The Bertz CT molecular complexity index is 1010. The van der Waals surface area contributed by atoms with Gasteiger partial charge in [0, 0.05) is 17.7 Å². The van der Waals surface area contributed by atoms with E-state index in [9.17, 15) is 8.42 Å². The molecule has 6 nitrogen and oxygen atoms in total. The van der Waals surface area contributed by atoms with E-state index in [2.05, 4.69) is 25.5 Å². The smallest absolute Gasteiger partial charge is 0.494 e. The number of nitrogens with one attached hydrogen (secondary N) is 1. The summed E-state index contributed by atoms with van der Waals surface area (Å²) in [4.78, 5) is -0.0463. The minimum absolute atomic E-state index is 0.0463. The molecule has 1 N–H and O–H groups in total. The molecule has 0 amide bonds. The van der Waals surface area contributed by atoms with Gasteiger partial charge in [-0.1, -0.05) is 30.7 Å². The first kappa shape index (κ1) is 19.6. The lowest BCUT2D eigenvalue weighted by Gasteiger charge is -2.15. The zero-order valence-electron chi connectivity index (χ0n) is 16.0. The molecule has 1 saturated carbocycles. The Labute approximate surface area is 170 Å². The Hall–Kier alpha value is -1.74. The summed E-state index contributed by atoms with van der Waals surface area (Å²) in [5, 5.41) is 0.118. The van der Waals surface area contributed by atoms with Gasteiger partial charge in [-0.15, -0.1) is 0 Å². The highest BCUT2D eigenvalue weighted by Crippen LogP contribution is 2.63. The van der Waals surface area contributed by atoms with Gasteiger partial charge in [0.15, 0.2) is 0 Å². The standard InChI is InChI=1S/C19H21BClNO5S/c1-12-18(2)19(12,3)27-20(26-18)13-5-7-14(8-6-13)22-28(23,24)17-11-15(25-4)9-10-16(17)21/h5-12,22H,1-4H3. The molecule has 4 rings (SSSR count). The van der Waals surface area contributed by atoms with Crippen molar-refractivity contribution in [2.75, 3.05) is 11.8 Å². The van der Waals surface area contributed by atoms with E-state index in [0.29, 0.717) is 17.4 Å². The maximum atomic E-state index is 12.7. The van der Waals surface area contributed by atoms with E-state index in [-0.39, 0.29) is 21.1 Å². The van der Waals surface area contributed by atoms with E-state index in [4.69, 9.17) is 25.6 Å². The van der Waals surface area contributed by atoms with Crippen LogP contribution in [0.4, 0.5) is 5.69 Å². The Balaban J connectivity index is 1.51. The fourth-order valence-electron chi connectivity index (χ4n) is 3.76. The lowest BCUT2D eigenvalue weighted by atomic mass is 9.78. The Kier molecular flexibility index (Phi) is 4.46. The maximum Gasteiger partial charge on any atom is 0.494 e. The van der Waals surface area contributed by atoms with E-state index < -0.39 is 17.1 Å². The van der Waals surface area contributed by atoms with Gasteiger partial charge in [0.25, 0.3) is 10.0 Å². The van der Waals surface area contributed by atoms with Crippen LogP contribution in [0.2, 0.25) is 5.02 Å². The second kappa shape index (κ2) is 6.39. The molecule has 2 atom stereocenters. The van der Waals surface area contributed by atoms with Crippen LogP contribution in [0.1, 0.15) is 20.8 Å². The minimum Gasteiger partial charge on any atom is -0.497 e. The van der Waals surface area contributed by atoms with Gasteiger partial charge in [-0.05, 0) is 43.6 Å². The Morgan fingerprint density at radius 1 is 1.11 bits per heavy atom. The van der Waals surface area contributed by atoms with Crippen LogP contribution >= 0.6 is 11.6 Å². The SMILES string of the molecule is COc1ccc(Cl)c(S(=O)(=O)Nc2ccc(B3OC4(C)C(C)C4(C)O3)cc2)c1. The first-order chi connectivity index (χ1) is 13.1. The number of sulfonamides is 1. The predicted octanol–water partition coefficient (Wildman–Crippen LogP) is 3.06. The largest absolute Gasteiger partial charge is 0.497 e. The topological polar surface area (TPSA) is 73.9 Å². The van der Waals surface area contributed by atoms with Gasteiger partial charge < -0.3 is 14.0 Å². The summed E-state index contributed by atoms with van der Waals surface area (Å²) in [6.07, 6.45) is 0. The summed E-state index contributed by atoms with van der Waals surface area (Å²) in [5.74, 6) is 0.750. The van der Waals surface area contributed by atoms with Crippen molar-refractivity contribution in [2.45, 2.75) is 36.9 Å². The number of hydrogen-bond acceptors (Lipinski definition) is 5. The maximum absolute atomic E-state index is 12.7. The van der Waals surface area contributed by atoms with Gasteiger partial charge in [-0.25, -0.2) is 8.42 Å². The van der Waals surface area contributed by atoms with Crippen LogP contribution in [-0.4, -0.2) is 33.8 Å². The number of rotatable bonds is 5. The van der Waals surface area contributed by atoms with Crippen LogP contribution in [0.15, 0.2) is 47.4 Å². The van der Waals surface area contributed by atoms with Crippen molar-refractivity contribution in [3.05, 3.63) is 47.5 Å². The van der Waals surface area contributed by atoms with E-state index in [1.54, 1.807) is 30.3 Å². The molecule has 2 aliphatic rings. The zero-order chi connectivity index (χ0) is 20.3. The summed E-state index contributed by atoms with van der Waals surface area (Å²) in [7, 11) is -2.85. The van der Waals surface area contributed by atoms with Crippen molar-refractivity contribution in [1.82, 2.24) is 0 Å². The Morgan fingerprint density at radius 2 is 1.71 bits per heavy atom. The van der Waals surface area contributed by atoms with Gasteiger partial charge in [-0.3, -0.25) is 4.72 Å². The molecule has 1 saturated heterocycles. The number of hydrogen-bond donors (Lipinski definition) is 1. The highest BCUT2D eigenvalue weighted by Gasteiger charge is 2.77. The van der Waals surface area contributed by atoms with Crippen molar-refractivity contribution in [1.29, 1.82) is 0 Å². The third kappa shape index (κ3) is 2.90. The molecule has 2 unspecified atom stereocenters. The van der Waals surface area contributed by atoms with E-state index in [1.165, 1.54) is 19.2 Å². The third-order valence-corrected chi connectivity index (χ3v) is 7.98. The molecule has 0 aromatic heterocycles. The van der Waals surface area contributed by atoms with E-state index in [1.807, 2.05) is 0 Å². The molecule has 148 valence electrons. The van der Waals surface area contributed by atoms with Crippen molar-refractivity contribution in [3.63, 3.8) is 0 Å². The molecular formula is C19H21BClNO5S. The number of methoxy groups -OCH3 is 1. The number of ether oxygens (including phenoxy) is 1. The molecule has 2 aromatic carbocycles. The summed E-state index contributed by atoms with van der Waals surface area (Å²) >= 11 is 6.06. The van der Waals surface area contributed by atoms with Crippen LogP contribution in [0.25, 0.3) is 0 Å². The fraction of sp³-hybridized carbons (Fsp3) is 0.368. The number of benzene rings is 2. The first-order valence-electron chi connectivity index (χ1n) is 8.93. The van der Waals surface area contributed by atoms with Crippen LogP contribution in [0, 0.1) is 5.92 Å². The molecule has 1 heterocycles. The van der Waals surface area contributed by atoms with Gasteiger partial charge in [0.1, 0.15) is 10.6 Å². The monoisotopic (exact) mass is 421 g/mol. The lowest BCUT2D eigenvalue weighted by Crippen LogP contribution is -2.37. The number of fused-ring (bicyclic) bond motifs is 1. The molecule has 0 bridgehead atoms. The van der Waals surface area contributed by atoms with Crippen molar-refractivity contribution >= 4 is 39.9 Å². The van der Waals surface area contributed by atoms with Gasteiger partial charge >= 0.3 is 7.12 Å². The highest BCUT2D eigenvalue weighted by molar-refractivity contribution is 7.92. The van der Waals surface area contributed by atoms with E-state index >= 15 is 0 Å². The van der Waals surface area contributed by atoms with Crippen molar-refractivity contribution in [2.24, 2.45) is 5.92 Å². The zero-order valence-corrected chi connectivity index (χ0v) is 17.6. The highest BCUT2D eigenvalue weighted by atomic mass is 35.5. The van der Waals surface area contributed by atoms with Crippen LogP contribution in [0.3, 0.4) is 0 Å². The summed E-state index contributed by atoms with van der Waals surface area (Å²) in [6, 6.07) is 11.4. The lowest BCUT2D eigenvalue weighted by molar-refractivity contribution is 0.187. The van der Waals surface area contributed by atoms with Crippen molar-refractivity contribution in [3.8, 4) is 5.75 Å². The van der Waals surface area contributed by atoms with Crippen LogP contribution < -0.4 is 14.9 Å². The molecule has 2 fully saturated rings. The van der Waals surface area contributed by atoms with Gasteiger partial charge in [0.2, 0.25) is 0 Å². The van der Waals surface area contributed by atoms with Crippen molar-refractivity contribution < 1.29 is 22.5 Å². The number of halogens is 1. The van der Waals surface area contributed by atoms with Gasteiger partial charge in [0.05, 0.1) is 23.3 Å². The molecular weight excluding hydrogens is 401 g/mol. The molecule has 1 aliphatic heterocycles. The molecule has 0 spiro atoms. The van der Waals surface area contributed by atoms with E-state index in [0.717, 1.165) is 5.46 Å². The normalized spacial score (nSPS) is 28.8. The second-order valence-corrected chi connectivity index (χ2v) is 9.59. The Morgan fingerprint density at radius 3 is 2.29 bits per heavy atom. The minimum atomic E-state index is -3.86. The number of anilines is 1. The summed E-state index contributed by atoms with van der Waals surface area (Å²) in [6.45, 7) is 6.22. The molecule has 9 heteroatoms. The first-order valence-corrected chi connectivity index (χ1v) is 10.8. The predicted molar refractivity (Wildman–Crippen MR) is 109 cm³/mol. The second-order valence-electron chi connectivity index (χ2n) is 7.53. The summed E-state index contributed by atoms with van der Waals surface area (Å²) < 4.78 is 45.2. The van der Waals surface area contributed by atoms with Crippen LogP contribution in [-0.2, 0) is 19.3 Å². The average Bonchev–Trinajstić information content (AvgIpc) is 2.92. The summed E-state index contributed by atoms with van der Waals surface area (Å²) in [5.41, 5.74) is 0.697. The van der Waals surface area contributed by atoms with Crippen LogP contribution in [0.5, 0.6) is 5.75 Å². The molecule has 28 heavy (non-hydrogen) atoms. The molecule has 1 aliphatic carbocycles. The van der Waals surface area contributed by atoms with Gasteiger partial charge in [-0.2, -0.15) is 0 Å².